The number of hydrogen-bond donors (Lipinski definition) is 2. The average molecular weight is 448 g/mol. The predicted octanol–water partition coefficient (Wildman–Crippen LogP) is 2.30. The number of aromatic nitrogens is 3. The number of amides is 1. The zero-order valence-electron chi connectivity index (χ0n) is 18.4. The van der Waals surface area contributed by atoms with E-state index in [0.29, 0.717) is 19.7 Å². The minimum Gasteiger partial charge on any atom is -0.450 e. The Morgan fingerprint density at radius 3 is 2.90 bits per heavy atom. The maximum atomic E-state index is 11.9. The molecule has 0 radical (unpaired) electrons. The van der Waals surface area contributed by atoms with Crippen molar-refractivity contribution in [3.63, 3.8) is 0 Å². The first-order chi connectivity index (χ1) is 15.2. The lowest BCUT2D eigenvalue weighted by Gasteiger charge is -2.32. The van der Waals surface area contributed by atoms with E-state index in [1.54, 1.807) is 22.6 Å². The summed E-state index contributed by atoms with van der Waals surface area (Å²) in [6, 6.07) is 4.49. The maximum Gasteiger partial charge on any atom is 0.409 e. The molecular formula is C21H33N7O2S. The van der Waals surface area contributed by atoms with Gasteiger partial charge in [0.2, 0.25) is 0 Å². The molecule has 1 aliphatic heterocycles. The van der Waals surface area contributed by atoms with Crippen molar-refractivity contribution in [2.45, 2.75) is 52.1 Å². The van der Waals surface area contributed by atoms with Crippen LogP contribution in [0, 0.1) is 0 Å². The van der Waals surface area contributed by atoms with Crippen LogP contribution < -0.4 is 10.6 Å². The van der Waals surface area contributed by atoms with E-state index >= 15 is 0 Å². The molecule has 10 heteroatoms. The number of carbonyl (C=O) groups excluding carboxylic acids is 1. The van der Waals surface area contributed by atoms with Gasteiger partial charge in [-0.3, -0.25) is 4.99 Å². The van der Waals surface area contributed by atoms with Crippen molar-refractivity contribution in [1.82, 2.24) is 30.3 Å². The molecule has 0 atom stereocenters. The summed E-state index contributed by atoms with van der Waals surface area (Å²) >= 11 is 1.76. The number of nitrogens with zero attached hydrogens (tertiary/aromatic N) is 5. The monoisotopic (exact) mass is 447 g/mol. The van der Waals surface area contributed by atoms with Gasteiger partial charge < -0.3 is 24.8 Å². The van der Waals surface area contributed by atoms with Crippen LogP contribution in [-0.4, -0.2) is 70.5 Å². The fourth-order valence-corrected chi connectivity index (χ4v) is 4.23. The molecule has 0 aliphatic carbocycles. The summed E-state index contributed by atoms with van der Waals surface area (Å²) in [4.78, 5) is 19.8. The van der Waals surface area contributed by atoms with Gasteiger partial charge in [-0.25, -0.2) is 4.79 Å². The van der Waals surface area contributed by atoms with Gasteiger partial charge in [-0.2, -0.15) is 0 Å². The van der Waals surface area contributed by atoms with Crippen LogP contribution in [0.25, 0.3) is 0 Å². The van der Waals surface area contributed by atoms with E-state index in [2.05, 4.69) is 49.8 Å². The maximum absolute atomic E-state index is 11.9. The number of piperidine rings is 1. The van der Waals surface area contributed by atoms with E-state index in [4.69, 9.17) is 9.73 Å². The van der Waals surface area contributed by atoms with E-state index in [1.165, 1.54) is 4.88 Å². The Bertz CT molecular complexity index is 814. The average Bonchev–Trinajstić information content (AvgIpc) is 3.46. The molecule has 3 rings (SSSR count). The van der Waals surface area contributed by atoms with Gasteiger partial charge >= 0.3 is 6.09 Å². The van der Waals surface area contributed by atoms with Gasteiger partial charge in [-0.15, -0.1) is 21.5 Å². The Kier molecular flexibility index (Phi) is 9.14. The Morgan fingerprint density at radius 2 is 2.19 bits per heavy atom. The van der Waals surface area contributed by atoms with Crippen LogP contribution in [0.3, 0.4) is 0 Å². The van der Waals surface area contributed by atoms with Crippen molar-refractivity contribution in [1.29, 1.82) is 0 Å². The first-order valence-electron chi connectivity index (χ1n) is 11.0. The third-order valence-electron chi connectivity index (χ3n) is 5.23. The normalized spacial score (nSPS) is 15.2. The zero-order chi connectivity index (χ0) is 21.9. The molecule has 2 aromatic rings. The Balaban J connectivity index is 1.52. The van der Waals surface area contributed by atoms with E-state index in [-0.39, 0.29) is 12.1 Å². The molecule has 2 N–H and O–H groups in total. The highest BCUT2D eigenvalue weighted by Gasteiger charge is 2.24. The number of likely N-dealkylation sites (tertiary alicyclic amines) is 1. The number of guanidine groups is 1. The Morgan fingerprint density at radius 1 is 1.35 bits per heavy atom. The fourth-order valence-electron chi connectivity index (χ4n) is 3.53. The first kappa shape index (κ1) is 23.1. The molecule has 1 saturated heterocycles. The predicted molar refractivity (Wildman–Crippen MR) is 122 cm³/mol. The standard InChI is InChI=1S/C21H33N7O2S/c1-3-19-26-24-16-28(19)14-11-23-20(22-10-7-18-6-5-15-31-18)25-17-8-12-27(13-9-17)21(29)30-4-2/h5-6,15-17H,3-4,7-14H2,1-2H3,(H2,22,23,25). The highest BCUT2D eigenvalue weighted by atomic mass is 32.1. The van der Waals surface area contributed by atoms with Gasteiger partial charge in [-0.1, -0.05) is 13.0 Å². The van der Waals surface area contributed by atoms with E-state index < -0.39 is 0 Å². The van der Waals surface area contributed by atoms with E-state index in [9.17, 15) is 4.79 Å². The van der Waals surface area contributed by atoms with Crippen LogP contribution >= 0.6 is 11.3 Å². The third-order valence-corrected chi connectivity index (χ3v) is 6.16. The number of ether oxygens (including phenoxy) is 1. The number of rotatable bonds is 9. The molecule has 9 nitrogen and oxygen atoms in total. The van der Waals surface area contributed by atoms with Gasteiger partial charge in [0, 0.05) is 56.5 Å². The first-order valence-corrected chi connectivity index (χ1v) is 11.9. The molecule has 0 spiro atoms. The molecule has 0 saturated carbocycles. The van der Waals surface area contributed by atoms with E-state index in [0.717, 1.165) is 57.1 Å². The smallest absolute Gasteiger partial charge is 0.409 e. The lowest BCUT2D eigenvalue weighted by atomic mass is 10.1. The second kappa shape index (κ2) is 12.3. The van der Waals surface area contributed by atoms with Crippen molar-refractivity contribution < 1.29 is 9.53 Å². The van der Waals surface area contributed by atoms with Crippen molar-refractivity contribution >= 4 is 23.4 Å². The fraction of sp³-hybridized carbons (Fsp3) is 0.619. The van der Waals surface area contributed by atoms with Crippen molar-refractivity contribution in [2.24, 2.45) is 4.99 Å². The van der Waals surface area contributed by atoms with Gasteiger partial charge in [-0.05, 0) is 31.2 Å². The lowest BCUT2D eigenvalue weighted by molar-refractivity contribution is 0.0963. The van der Waals surface area contributed by atoms with Crippen molar-refractivity contribution in [3.05, 3.63) is 34.5 Å². The summed E-state index contributed by atoms with van der Waals surface area (Å²) < 4.78 is 7.18. The number of aryl methyl sites for hydroxylation is 1. The summed E-state index contributed by atoms with van der Waals surface area (Å²) in [7, 11) is 0. The third kappa shape index (κ3) is 7.23. The van der Waals surface area contributed by atoms with Crippen molar-refractivity contribution in [2.75, 3.05) is 32.8 Å². The molecule has 0 unspecified atom stereocenters. The Hall–Kier alpha value is -2.62. The van der Waals surface area contributed by atoms with Gasteiger partial charge in [0.05, 0.1) is 6.61 Å². The molecule has 31 heavy (non-hydrogen) atoms. The van der Waals surface area contributed by atoms with Crippen LogP contribution in [-0.2, 0) is 24.1 Å². The summed E-state index contributed by atoms with van der Waals surface area (Å²) in [6.45, 7) is 7.95. The zero-order valence-corrected chi connectivity index (χ0v) is 19.2. The summed E-state index contributed by atoms with van der Waals surface area (Å²) in [5.41, 5.74) is 0. The minimum atomic E-state index is -0.218. The van der Waals surface area contributed by atoms with Gasteiger partial charge in [0.25, 0.3) is 0 Å². The molecule has 1 amide bonds. The number of carbonyl (C=O) groups is 1. The molecule has 3 heterocycles. The molecule has 0 aromatic carbocycles. The molecule has 0 bridgehead atoms. The summed E-state index contributed by atoms with van der Waals surface area (Å²) in [5.74, 6) is 1.80. The van der Waals surface area contributed by atoms with E-state index in [1.807, 2.05) is 6.92 Å². The van der Waals surface area contributed by atoms with Crippen LogP contribution in [0.2, 0.25) is 0 Å². The van der Waals surface area contributed by atoms with Crippen molar-refractivity contribution in [3.8, 4) is 0 Å². The van der Waals surface area contributed by atoms with Crippen LogP contribution in [0.4, 0.5) is 4.79 Å². The molecule has 1 aliphatic rings. The van der Waals surface area contributed by atoms with Gasteiger partial charge in [0.15, 0.2) is 5.96 Å². The quantitative estimate of drug-likeness (QED) is 0.452. The molecule has 170 valence electrons. The second-order valence-electron chi connectivity index (χ2n) is 7.39. The SMILES string of the molecule is CCOC(=O)N1CCC(NC(=NCCc2cccs2)NCCn2cnnc2CC)CC1. The number of aliphatic imine (C=N–C) groups is 1. The van der Waals surface area contributed by atoms with Gasteiger partial charge in [0.1, 0.15) is 12.2 Å². The number of nitrogens with one attached hydrogen (secondary N) is 2. The Labute approximate surface area is 187 Å². The molecular weight excluding hydrogens is 414 g/mol. The minimum absolute atomic E-state index is 0.218. The highest BCUT2D eigenvalue weighted by Crippen LogP contribution is 2.12. The van der Waals surface area contributed by atoms with Crippen LogP contribution in [0.5, 0.6) is 0 Å². The largest absolute Gasteiger partial charge is 0.450 e. The summed E-state index contributed by atoms with van der Waals surface area (Å²) in [6.07, 6.45) is 5.08. The summed E-state index contributed by atoms with van der Waals surface area (Å²) in [5, 5.41) is 17.2. The number of hydrogen-bond acceptors (Lipinski definition) is 6. The topological polar surface area (TPSA) is 96.7 Å². The molecule has 2 aromatic heterocycles. The number of thiophene rings is 1. The van der Waals surface area contributed by atoms with Crippen LogP contribution in [0.1, 0.15) is 37.4 Å². The van der Waals surface area contributed by atoms with Crippen LogP contribution in [0.15, 0.2) is 28.8 Å². The lowest BCUT2D eigenvalue weighted by Crippen LogP contribution is -2.50. The highest BCUT2D eigenvalue weighted by molar-refractivity contribution is 7.09. The second-order valence-corrected chi connectivity index (χ2v) is 8.42. The molecule has 1 fully saturated rings.